The fourth-order valence-electron chi connectivity index (χ4n) is 2.29. The molecule has 3 aromatic rings. The zero-order chi connectivity index (χ0) is 18.7. The molecule has 130 valence electrons. The van der Waals surface area contributed by atoms with Crippen molar-refractivity contribution >= 4 is 52.0 Å². The second-order valence-corrected chi connectivity index (χ2v) is 7.45. The van der Waals surface area contributed by atoms with Crippen molar-refractivity contribution < 1.29 is 4.79 Å². The minimum Gasteiger partial charge on any atom is -0.339 e. The third kappa shape index (κ3) is 4.17. The molecule has 1 unspecified atom stereocenters. The summed E-state index contributed by atoms with van der Waals surface area (Å²) in [5.41, 5.74) is 1.76. The van der Waals surface area contributed by atoms with Crippen LogP contribution in [-0.2, 0) is 0 Å². The van der Waals surface area contributed by atoms with Crippen molar-refractivity contribution in [3.8, 4) is 6.07 Å². The Morgan fingerprint density at radius 3 is 2.58 bits per heavy atom. The van der Waals surface area contributed by atoms with Gasteiger partial charge in [-0.2, -0.15) is 5.26 Å². The van der Waals surface area contributed by atoms with E-state index in [4.69, 9.17) is 40.1 Å². The Balaban J connectivity index is 1.97. The number of nitrogens with zero attached hydrogens (tertiary/aromatic N) is 2. The number of carbonyl (C=O) groups excluding carboxylic acids is 1. The summed E-state index contributed by atoms with van der Waals surface area (Å²) in [6.45, 7) is 0. The van der Waals surface area contributed by atoms with Gasteiger partial charge in [0.2, 0.25) is 0 Å². The lowest BCUT2D eigenvalue weighted by Crippen LogP contribution is -2.29. The van der Waals surface area contributed by atoms with E-state index in [2.05, 4.69) is 10.3 Å². The number of carbonyl (C=O) groups is 1. The van der Waals surface area contributed by atoms with Crippen molar-refractivity contribution in [3.63, 3.8) is 0 Å². The van der Waals surface area contributed by atoms with Gasteiger partial charge in [-0.05, 0) is 35.9 Å². The van der Waals surface area contributed by atoms with Gasteiger partial charge >= 0.3 is 0 Å². The zero-order valence-electron chi connectivity index (χ0n) is 13.0. The molecule has 0 spiro atoms. The summed E-state index contributed by atoms with van der Waals surface area (Å²) in [6.07, 6.45) is 1.51. The first-order valence-corrected chi connectivity index (χ1v) is 9.35. The Hall–Kier alpha value is -2.10. The maximum absolute atomic E-state index is 12.6. The van der Waals surface area contributed by atoms with Gasteiger partial charge in [-0.1, -0.05) is 40.9 Å². The molecular weight excluding hydrogens is 413 g/mol. The van der Waals surface area contributed by atoms with Gasteiger partial charge in [0.1, 0.15) is 6.07 Å². The first kappa shape index (κ1) is 18.7. The molecule has 0 saturated carbocycles. The SMILES string of the molecule is N#Cc1csc(C(=O)NC(c2ccc(Cl)c(Cl)c2)c2ccc(Cl)cn2)c1. The molecule has 8 heteroatoms. The van der Waals surface area contributed by atoms with Crippen LogP contribution in [0.25, 0.3) is 0 Å². The van der Waals surface area contributed by atoms with Crippen molar-refractivity contribution in [2.75, 3.05) is 0 Å². The van der Waals surface area contributed by atoms with Crippen LogP contribution in [0.2, 0.25) is 15.1 Å². The van der Waals surface area contributed by atoms with Crippen molar-refractivity contribution in [1.29, 1.82) is 5.26 Å². The van der Waals surface area contributed by atoms with Crippen molar-refractivity contribution in [2.24, 2.45) is 0 Å². The van der Waals surface area contributed by atoms with Crippen molar-refractivity contribution in [2.45, 2.75) is 6.04 Å². The normalized spacial score (nSPS) is 11.6. The van der Waals surface area contributed by atoms with E-state index in [0.29, 0.717) is 31.2 Å². The molecule has 0 aliphatic carbocycles. The van der Waals surface area contributed by atoms with Gasteiger partial charge in [-0.25, -0.2) is 0 Å². The largest absolute Gasteiger partial charge is 0.339 e. The lowest BCUT2D eigenvalue weighted by molar-refractivity contribution is 0.0946. The third-order valence-electron chi connectivity index (χ3n) is 3.55. The van der Waals surface area contributed by atoms with Gasteiger partial charge in [-0.15, -0.1) is 11.3 Å². The highest BCUT2D eigenvalue weighted by Crippen LogP contribution is 2.29. The van der Waals surface area contributed by atoms with E-state index in [1.54, 1.807) is 41.8 Å². The van der Waals surface area contributed by atoms with Gasteiger partial charge in [0.25, 0.3) is 5.91 Å². The zero-order valence-corrected chi connectivity index (χ0v) is 16.1. The Labute approximate surface area is 169 Å². The predicted molar refractivity (Wildman–Crippen MR) is 104 cm³/mol. The monoisotopic (exact) mass is 421 g/mol. The van der Waals surface area contributed by atoms with E-state index < -0.39 is 6.04 Å². The minimum absolute atomic E-state index is 0.315. The maximum atomic E-state index is 12.6. The summed E-state index contributed by atoms with van der Waals surface area (Å²) in [6, 6.07) is 11.5. The summed E-state index contributed by atoms with van der Waals surface area (Å²) in [7, 11) is 0. The molecule has 0 aliphatic rings. The van der Waals surface area contributed by atoms with E-state index >= 15 is 0 Å². The molecule has 1 aromatic carbocycles. The highest BCUT2D eigenvalue weighted by molar-refractivity contribution is 7.12. The number of nitriles is 1. The molecule has 2 heterocycles. The molecule has 0 bridgehead atoms. The Kier molecular flexibility index (Phi) is 5.80. The van der Waals surface area contributed by atoms with Crippen LogP contribution in [0.3, 0.4) is 0 Å². The van der Waals surface area contributed by atoms with Crippen LogP contribution in [0.4, 0.5) is 0 Å². The van der Waals surface area contributed by atoms with Gasteiger partial charge in [-0.3, -0.25) is 9.78 Å². The van der Waals surface area contributed by atoms with Gasteiger partial charge in [0, 0.05) is 11.6 Å². The Morgan fingerprint density at radius 1 is 1.15 bits per heavy atom. The number of amides is 1. The number of pyridine rings is 1. The molecule has 26 heavy (non-hydrogen) atoms. The topological polar surface area (TPSA) is 65.8 Å². The van der Waals surface area contributed by atoms with Crippen molar-refractivity contribution in [1.82, 2.24) is 10.3 Å². The number of hydrogen-bond donors (Lipinski definition) is 1. The Bertz CT molecular complexity index is 996. The van der Waals surface area contributed by atoms with E-state index in [-0.39, 0.29) is 5.91 Å². The lowest BCUT2D eigenvalue weighted by Gasteiger charge is -2.19. The van der Waals surface area contributed by atoms with Crippen LogP contribution in [0, 0.1) is 11.3 Å². The van der Waals surface area contributed by atoms with Crippen LogP contribution in [0.5, 0.6) is 0 Å². The van der Waals surface area contributed by atoms with Crippen LogP contribution >= 0.6 is 46.1 Å². The summed E-state index contributed by atoms with van der Waals surface area (Å²) >= 11 is 19.2. The van der Waals surface area contributed by atoms with Gasteiger partial charge < -0.3 is 5.32 Å². The molecule has 0 aliphatic heterocycles. The van der Waals surface area contributed by atoms with Gasteiger partial charge in [0.15, 0.2) is 0 Å². The van der Waals surface area contributed by atoms with Crippen molar-refractivity contribution in [3.05, 3.63) is 84.7 Å². The van der Waals surface area contributed by atoms with Crippen LogP contribution in [-0.4, -0.2) is 10.9 Å². The molecule has 3 rings (SSSR count). The average molecular weight is 423 g/mol. The van der Waals surface area contributed by atoms with Crippen LogP contribution < -0.4 is 5.32 Å². The number of benzene rings is 1. The lowest BCUT2D eigenvalue weighted by atomic mass is 10.0. The number of thiophene rings is 1. The summed E-state index contributed by atoms with van der Waals surface area (Å²) < 4.78 is 0. The molecule has 1 amide bonds. The summed E-state index contributed by atoms with van der Waals surface area (Å²) in [4.78, 5) is 17.4. The minimum atomic E-state index is -0.554. The van der Waals surface area contributed by atoms with E-state index in [1.807, 2.05) is 6.07 Å². The van der Waals surface area contributed by atoms with E-state index in [9.17, 15) is 4.79 Å². The highest BCUT2D eigenvalue weighted by atomic mass is 35.5. The fourth-order valence-corrected chi connectivity index (χ4v) is 3.45. The highest BCUT2D eigenvalue weighted by Gasteiger charge is 2.21. The molecule has 0 fully saturated rings. The number of halogens is 3. The summed E-state index contributed by atoms with van der Waals surface area (Å²) in [5, 5.41) is 14.8. The first-order valence-electron chi connectivity index (χ1n) is 7.34. The molecule has 0 radical (unpaired) electrons. The van der Waals surface area contributed by atoms with Gasteiger partial charge in [0.05, 0.1) is 37.2 Å². The van der Waals surface area contributed by atoms with Crippen LogP contribution in [0.15, 0.2) is 48.0 Å². The summed E-state index contributed by atoms with van der Waals surface area (Å²) in [5.74, 6) is -0.315. The fraction of sp³-hybridized carbons (Fsp3) is 0.0556. The maximum Gasteiger partial charge on any atom is 0.262 e. The number of rotatable bonds is 4. The second kappa shape index (κ2) is 8.07. The molecular formula is C18H10Cl3N3OS. The standard InChI is InChI=1S/C18H10Cl3N3OS/c19-12-2-4-15(23-8-12)17(11-1-3-13(20)14(21)6-11)24-18(25)16-5-10(7-22)9-26-16/h1-6,8-9,17H,(H,24,25). The second-order valence-electron chi connectivity index (χ2n) is 5.29. The van der Waals surface area contributed by atoms with Crippen LogP contribution in [0.1, 0.15) is 32.5 Å². The molecule has 1 N–H and O–H groups in total. The Morgan fingerprint density at radius 2 is 1.96 bits per heavy atom. The average Bonchev–Trinajstić information content (AvgIpc) is 3.12. The predicted octanol–water partition coefficient (Wildman–Crippen LogP) is 5.49. The molecule has 0 saturated heterocycles. The quantitative estimate of drug-likeness (QED) is 0.604. The number of aromatic nitrogens is 1. The molecule has 4 nitrogen and oxygen atoms in total. The smallest absolute Gasteiger partial charge is 0.262 e. The number of hydrogen-bond acceptors (Lipinski definition) is 4. The molecule has 1 atom stereocenters. The third-order valence-corrected chi connectivity index (χ3v) is 5.44. The van der Waals surface area contributed by atoms with E-state index in [1.165, 1.54) is 17.5 Å². The number of nitrogens with one attached hydrogen (secondary N) is 1. The molecule has 2 aromatic heterocycles. The first-order chi connectivity index (χ1) is 12.5. The van der Waals surface area contributed by atoms with E-state index in [0.717, 1.165) is 5.56 Å².